The predicted molar refractivity (Wildman–Crippen MR) is 70.8 cm³/mol. The van der Waals surface area contributed by atoms with Crippen LogP contribution in [0.2, 0.25) is 0 Å². The Morgan fingerprint density at radius 1 is 0.692 bits per heavy atom. The van der Waals surface area contributed by atoms with Crippen LogP contribution in [0.4, 0.5) is 0 Å². The third kappa shape index (κ3) is 12.4. The predicted octanol–water partition coefficient (Wildman–Crippen LogP) is 3.98. The largest absolute Gasteiger partial charge is 0.286 e. The van der Waals surface area contributed by atoms with Gasteiger partial charge in [0.25, 0.3) is 0 Å². The minimum absolute atomic E-state index is 1.35. The first-order chi connectivity index (χ1) is 5.54. The van der Waals surface area contributed by atoms with Gasteiger partial charge < -0.3 is 0 Å². The summed E-state index contributed by atoms with van der Waals surface area (Å²) in [4.78, 5) is 0. The maximum atomic E-state index is 2.49. The lowest BCUT2D eigenvalue weighted by Crippen LogP contribution is -2.32. The topological polar surface area (TPSA) is 0 Å². The van der Waals surface area contributed by atoms with Gasteiger partial charge in [0, 0.05) is 0 Å². The van der Waals surface area contributed by atoms with Crippen molar-refractivity contribution in [1.82, 2.24) is 0 Å². The van der Waals surface area contributed by atoms with Crippen LogP contribution in [0.3, 0.4) is 0 Å². The molecular formula is C12H30S. The van der Waals surface area contributed by atoms with Crippen molar-refractivity contribution >= 4 is 8.29 Å². The molecule has 0 bridgehead atoms. The number of rotatable bonds is 6. The third-order valence-corrected chi connectivity index (χ3v) is 4.60. The molecular weight excluding hydrogens is 176 g/mol. The Hall–Kier alpha value is 0.350. The van der Waals surface area contributed by atoms with Gasteiger partial charge in [0.2, 0.25) is 0 Å². The first-order valence-corrected chi connectivity index (χ1v) is 10.2. The number of hydrogen-bond donors (Lipinski definition) is 0. The van der Waals surface area contributed by atoms with Gasteiger partial charge in [0.15, 0.2) is 0 Å². The molecule has 1 heteroatoms. The van der Waals surface area contributed by atoms with E-state index in [1.165, 1.54) is 37.9 Å². The smallest absolute Gasteiger partial charge is 0.0346 e. The normalized spacial score (nSPS) is 18.0. The fourth-order valence-corrected chi connectivity index (χ4v) is 3.07. The Labute approximate surface area is 84.7 Å². The molecule has 0 atom stereocenters. The number of unbranched alkanes of at least 4 members (excludes halogenated alkanes) is 4. The molecule has 0 nitrogen and oxygen atoms in total. The van der Waals surface area contributed by atoms with E-state index in [0.717, 1.165) is 0 Å². The summed E-state index contributed by atoms with van der Waals surface area (Å²) < 4.78 is 0. The van der Waals surface area contributed by atoms with Gasteiger partial charge >= 0.3 is 0 Å². The van der Waals surface area contributed by atoms with Gasteiger partial charge in [-0.3, -0.25) is 8.29 Å². The van der Waals surface area contributed by atoms with Crippen molar-refractivity contribution in [2.45, 2.75) is 39.0 Å². The summed E-state index contributed by atoms with van der Waals surface area (Å²) in [5.74, 6) is 1.43. The highest BCUT2D eigenvalue weighted by Gasteiger charge is 2.35. The fourth-order valence-electron chi connectivity index (χ4n) is 1.43. The fraction of sp³-hybridized carbons (Fsp3) is 1.00. The summed E-state index contributed by atoms with van der Waals surface area (Å²) in [5.41, 5.74) is 0. The van der Waals surface area contributed by atoms with Crippen LogP contribution in [0.1, 0.15) is 39.0 Å². The van der Waals surface area contributed by atoms with Crippen LogP contribution < -0.4 is 0 Å². The zero-order valence-electron chi connectivity index (χ0n) is 10.7. The average molecular weight is 206 g/mol. The lowest BCUT2D eigenvalue weighted by atomic mass is 10.2. The van der Waals surface area contributed by atoms with Crippen LogP contribution >= 0.6 is 8.29 Å². The summed E-state index contributed by atoms with van der Waals surface area (Å²) >= 11 is 0. The molecule has 0 aliphatic rings. The van der Waals surface area contributed by atoms with Crippen molar-refractivity contribution < 1.29 is 0 Å². The molecule has 0 unspecified atom stereocenters. The second-order valence-corrected chi connectivity index (χ2v) is 19.1. The van der Waals surface area contributed by atoms with Crippen molar-refractivity contribution in [2.75, 3.05) is 37.0 Å². The van der Waals surface area contributed by atoms with Gasteiger partial charge in [0.1, 0.15) is 0 Å². The van der Waals surface area contributed by atoms with Gasteiger partial charge in [-0.1, -0.05) is 32.6 Å². The van der Waals surface area contributed by atoms with E-state index >= 15 is 0 Å². The Bertz CT molecular complexity index is 145. The van der Waals surface area contributed by atoms with Crippen molar-refractivity contribution in [3.63, 3.8) is 0 Å². The van der Waals surface area contributed by atoms with Crippen LogP contribution in [-0.4, -0.2) is 37.0 Å². The van der Waals surface area contributed by atoms with Crippen LogP contribution in [-0.2, 0) is 0 Å². The molecule has 84 valence electrons. The summed E-state index contributed by atoms with van der Waals surface area (Å²) in [6.45, 7) is 2.28. The Morgan fingerprint density at radius 2 is 1.15 bits per heavy atom. The molecule has 0 fully saturated rings. The lowest BCUT2D eigenvalue weighted by molar-refractivity contribution is 0.657. The zero-order chi connectivity index (χ0) is 10.7. The summed E-state index contributed by atoms with van der Waals surface area (Å²) in [5, 5.41) is 0. The van der Waals surface area contributed by atoms with Crippen molar-refractivity contribution in [3.05, 3.63) is 0 Å². The monoisotopic (exact) mass is 206 g/mol. The molecule has 0 aliphatic heterocycles. The van der Waals surface area contributed by atoms with Crippen LogP contribution in [0, 0.1) is 0 Å². The van der Waals surface area contributed by atoms with E-state index in [9.17, 15) is 0 Å². The molecule has 0 spiro atoms. The Kier molecular flexibility index (Phi) is 3.58. The standard InChI is InChI=1S/C12H30S/c1-7-8-9-10-11-12-13(2,3,4,5)6/h7-12H2,1-6H3. The maximum absolute atomic E-state index is 2.49. The zero-order valence-corrected chi connectivity index (χ0v) is 11.5. The highest BCUT2D eigenvalue weighted by atomic mass is 32.4. The highest BCUT2D eigenvalue weighted by molar-refractivity contribution is 8.62. The molecule has 0 aliphatic carbocycles. The van der Waals surface area contributed by atoms with Gasteiger partial charge in [0.05, 0.1) is 0 Å². The molecule has 0 saturated carbocycles. The minimum Gasteiger partial charge on any atom is -0.286 e. The quantitative estimate of drug-likeness (QED) is 0.577. The third-order valence-electron chi connectivity index (χ3n) is 2.27. The van der Waals surface area contributed by atoms with Crippen molar-refractivity contribution in [1.29, 1.82) is 0 Å². The average Bonchev–Trinajstić information content (AvgIpc) is 1.82. The first-order valence-electron chi connectivity index (χ1n) is 5.54. The molecule has 0 aromatic heterocycles. The van der Waals surface area contributed by atoms with Crippen LogP contribution in [0.25, 0.3) is 0 Å². The summed E-state index contributed by atoms with van der Waals surface area (Å²) in [6, 6.07) is 0. The first kappa shape index (κ1) is 13.4. The molecule has 0 saturated heterocycles. The Morgan fingerprint density at radius 3 is 1.54 bits per heavy atom. The van der Waals surface area contributed by atoms with E-state index in [-0.39, 0.29) is 0 Å². The van der Waals surface area contributed by atoms with Crippen molar-refractivity contribution in [3.8, 4) is 0 Å². The van der Waals surface area contributed by atoms with Gasteiger partial charge in [-0.25, -0.2) is 0 Å². The Balaban J connectivity index is 3.67. The second kappa shape index (κ2) is 3.49. The molecule has 0 amide bonds. The summed E-state index contributed by atoms with van der Waals surface area (Å²) in [7, 11) is -1.60. The van der Waals surface area contributed by atoms with E-state index in [4.69, 9.17) is 0 Å². The molecule has 0 aromatic carbocycles. The molecule has 0 heterocycles. The SMILES string of the molecule is CCCCCCCS(C)(C)(C)(C)C. The molecule has 13 heavy (non-hydrogen) atoms. The minimum atomic E-state index is -1.60. The molecule has 0 rings (SSSR count). The number of hydrogen-bond acceptors (Lipinski definition) is 0. The molecule has 0 N–H and O–H groups in total. The molecule has 0 aromatic rings. The van der Waals surface area contributed by atoms with E-state index in [1.54, 1.807) is 0 Å². The van der Waals surface area contributed by atoms with E-state index in [1.807, 2.05) is 0 Å². The van der Waals surface area contributed by atoms with Crippen LogP contribution in [0.5, 0.6) is 0 Å². The van der Waals surface area contributed by atoms with Gasteiger partial charge in [-0.15, -0.1) is 0 Å². The second-order valence-electron chi connectivity index (χ2n) is 7.64. The lowest BCUT2D eigenvalue weighted by Gasteiger charge is -2.66. The van der Waals surface area contributed by atoms with Gasteiger partial charge in [-0.2, -0.15) is 0 Å². The van der Waals surface area contributed by atoms with E-state index < -0.39 is 8.29 Å². The highest BCUT2D eigenvalue weighted by Crippen LogP contribution is 2.75. The molecule has 0 radical (unpaired) electrons. The van der Waals surface area contributed by atoms with Gasteiger partial charge in [-0.05, 0) is 43.5 Å². The van der Waals surface area contributed by atoms with Crippen LogP contribution in [0.15, 0.2) is 0 Å². The summed E-state index contributed by atoms with van der Waals surface area (Å²) in [6.07, 6.45) is 19.5. The van der Waals surface area contributed by atoms with Crippen molar-refractivity contribution in [2.24, 2.45) is 0 Å². The van der Waals surface area contributed by atoms with E-state index in [0.29, 0.717) is 0 Å². The maximum Gasteiger partial charge on any atom is -0.0346 e. The van der Waals surface area contributed by atoms with E-state index in [2.05, 4.69) is 38.2 Å².